The number of carbonyl (C=O) groups excluding carboxylic acids is 2. The lowest BCUT2D eigenvalue weighted by Crippen LogP contribution is -2.27. The van der Waals surface area contributed by atoms with Crippen molar-refractivity contribution in [3.63, 3.8) is 0 Å². The molecule has 0 aliphatic heterocycles. The summed E-state index contributed by atoms with van der Waals surface area (Å²) in [5.74, 6) is -1.34. The molecule has 0 saturated heterocycles. The van der Waals surface area contributed by atoms with Crippen LogP contribution < -0.4 is 5.11 Å². The van der Waals surface area contributed by atoms with E-state index in [0.29, 0.717) is 10.9 Å². The average Bonchev–Trinajstić information content (AvgIpc) is 2.65. The highest BCUT2D eigenvalue weighted by Crippen LogP contribution is 2.25. The Bertz CT molecular complexity index is 697. The van der Waals surface area contributed by atoms with Gasteiger partial charge < -0.3 is 14.6 Å². The average molecular weight is 339 g/mol. The Labute approximate surface area is 124 Å². The number of carboxylic acids is 1. The third-order valence-electron chi connectivity index (χ3n) is 2.58. The van der Waals surface area contributed by atoms with E-state index in [1.807, 2.05) is 0 Å². The molecule has 0 aliphatic carbocycles. The highest BCUT2D eigenvalue weighted by atomic mass is 79.9. The number of carboxylic acid groups (broad SMARTS) is 1. The zero-order valence-corrected chi connectivity index (χ0v) is 12.9. The van der Waals surface area contributed by atoms with Crippen molar-refractivity contribution in [1.82, 2.24) is 4.57 Å². The Morgan fingerprint density at radius 2 is 1.95 bits per heavy atom. The van der Waals surface area contributed by atoms with E-state index in [1.165, 1.54) is 10.8 Å². The highest BCUT2D eigenvalue weighted by molar-refractivity contribution is 9.10. The van der Waals surface area contributed by atoms with Gasteiger partial charge in [-0.3, -0.25) is 4.57 Å². The Morgan fingerprint density at radius 3 is 2.50 bits per heavy atom. The van der Waals surface area contributed by atoms with E-state index in [1.54, 1.807) is 39.0 Å². The molecule has 0 radical (unpaired) electrons. The number of ether oxygens (including phenoxy) is 1. The second-order valence-corrected chi connectivity index (χ2v) is 6.26. The SMILES string of the molecule is CC(C)(C)OC(=O)n1cc(C(=O)[O-])c2cc(Br)ccc21. The highest BCUT2D eigenvalue weighted by Gasteiger charge is 2.21. The second-order valence-electron chi connectivity index (χ2n) is 5.34. The lowest BCUT2D eigenvalue weighted by Gasteiger charge is -2.19. The maximum atomic E-state index is 12.1. The number of halogens is 1. The minimum absolute atomic E-state index is 0.0489. The van der Waals surface area contributed by atoms with Gasteiger partial charge in [-0.25, -0.2) is 4.79 Å². The van der Waals surface area contributed by atoms with Gasteiger partial charge in [-0.2, -0.15) is 0 Å². The molecule has 5 nitrogen and oxygen atoms in total. The molecular weight excluding hydrogens is 326 g/mol. The summed E-state index contributed by atoms with van der Waals surface area (Å²) >= 11 is 3.27. The molecule has 0 fully saturated rings. The van der Waals surface area contributed by atoms with Crippen LogP contribution in [0.4, 0.5) is 4.79 Å². The molecule has 106 valence electrons. The van der Waals surface area contributed by atoms with E-state index < -0.39 is 17.7 Å². The third-order valence-corrected chi connectivity index (χ3v) is 3.07. The summed E-state index contributed by atoms with van der Waals surface area (Å²) in [7, 11) is 0. The predicted octanol–water partition coefficient (Wildman–Crippen LogP) is 2.55. The first-order chi connectivity index (χ1) is 9.19. The maximum absolute atomic E-state index is 12.1. The predicted molar refractivity (Wildman–Crippen MR) is 75.6 cm³/mol. The number of aromatic nitrogens is 1. The van der Waals surface area contributed by atoms with Crippen LogP contribution in [0.1, 0.15) is 31.1 Å². The van der Waals surface area contributed by atoms with Gasteiger partial charge >= 0.3 is 6.09 Å². The minimum Gasteiger partial charge on any atom is -0.545 e. The number of nitrogens with zero attached hydrogens (tertiary/aromatic N) is 1. The van der Waals surface area contributed by atoms with Crippen molar-refractivity contribution in [2.75, 3.05) is 0 Å². The molecule has 0 atom stereocenters. The van der Waals surface area contributed by atoms with Gasteiger partial charge in [0.15, 0.2) is 0 Å². The summed E-state index contributed by atoms with van der Waals surface area (Å²) in [5, 5.41) is 11.6. The summed E-state index contributed by atoms with van der Waals surface area (Å²) < 4.78 is 7.15. The summed E-state index contributed by atoms with van der Waals surface area (Å²) in [6.07, 6.45) is 0.595. The lowest BCUT2D eigenvalue weighted by molar-refractivity contribution is -0.254. The van der Waals surface area contributed by atoms with Gasteiger partial charge in [0.25, 0.3) is 0 Å². The summed E-state index contributed by atoms with van der Waals surface area (Å²) in [6.45, 7) is 5.23. The van der Waals surface area contributed by atoms with E-state index >= 15 is 0 Å². The Kier molecular flexibility index (Phi) is 3.60. The first-order valence-electron chi connectivity index (χ1n) is 5.94. The van der Waals surface area contributed by atoms with Gasteiger partial charge in [-0.15, -0.1) is 0 Å². The lowest BCUT2D eigenvalue weighted by atomic mass is 10.2. The molecule has 0 spiro atoms. The van der Waals surface area contributed by atoms with Gasteiger partial charge in [0.2, 0.25) is 0 Å². The quantitative estimate of drug-likeness (QED) is 0.801. The Hall–Kier alpha value is -1.82. The molecule has 2 aromatic rings. The third kappa shape index (κ3) is 2.85. The summed E-state index contributed by atoms with van der Waals surface area (Å²) in [5.41, 5.74) is -0.251. The van der Waals surface area contributed by atoms with Crippen LogP contribution in [0.5, 0.6) is 0 Å². The molecule has 0 N–H and O–H groups in total. The first kappa shape index (κ1) is 14.6. The molecule has 0 unspecified atom stereocenters. The maximum Gasteiger partial charge on any atom is 0.419 e. The fraction of sp³-hybridized carbons (Fsp3) is 0.286. The van der Waals surface area contributed by atoms with Crippen LogP contribution in [0.2, 0.25) is 0 Å². The van der Waals surface area contributed by atoms with Crippen molar-refractivity contribution in [1.29, 1.82) is 0 Å². The number of aromatic carboxylic acids is 1. The summed E-state index contributed by atoms with van der Waals surface area (Å²) in [6, 6.07) is 5.00. The number of benzene rings is 1. The molecule has 6 heteroatoms. The van der Waals surface area contributed by atoms with E-state index in [9.17, 15) is 14.7 Å². The monoisotopic (exact) mass is 338 g/mol. The van der Waals surface area contributed by atoms with Gasteiger partial charge in [0.1, 0.15) is 5.60 Å². The number of fused-ring (bicyclic) bond motifs is 1. The number of carbonyl (C=O) groups is 2. The Balaban J connectivity index is 2.60. The van der Waals surface area contributed by atoms with Crippen molar-refractivity contribution in [2.24, 2.45) is 0 Å². The van der Waals surface area contributed by atoms with Crippen LogP contribution in [0.3, 0.4) is 0 Å². The number of rotatable bonds is 1. The molecule has 1 aromatic carbocycles. The number of hydrogen-bond donors (Lipinski definition) is 0. The Morgan fingerprint density at radius 1 is 1.30 bits per heavy atom. The molecule has 0 aliphatic rings. The second kappa shape index (κ2) is 4.94. The topological polar surface area (TPSA) is 71.4 Å². The molecule has 0 saturated carbocycles. The smallest absolute Gasteiger partial charge is 0.419 e. The fourth-order valence-corrected chi connectivity index (χ4v) is 2.19. The van der Waals surface area contributed by atoms with E-state index in [0.717, 1.165) is 4.47 Å². The fourth-order valence-electron chi connectivity index (χ4n) is 1.83. The van der Waals surface area contributed by atoms with Crippen LogP contribution >= 0.6 is 15.9 Å². The van der Waals surface area contributed by atoms with Crippen LogP contribution in [0.15, 0.2) is 28.9 Å². The van der Waals surface area contributed by atoms with E-state index in [-0.39, 0.29) is 5.56 Å². The summed E-state index contributed by atoms with van der Waals surface area (Å²) in [4.78, 5) is 23.3. The zero-order valence-electron chi connectivity index (χ0n) is 11.3. The largest absolute Gasteiger partial charge is 0.545 e. The zero-order chi connectivity index (χ0) is 15.1. The van der Waals surface area contributed by atoms with Gasteiger partial charge in [-0.05, 0) is 39.0 Å². The van der Waals surface area contributed by atoms with Gasteiger partial charge in [0.05, 0.1) is 11.5 Å². The molecule has 0 bridgehead atoms. The van der Waals surface area contributed by atoms with Crippen molar-refractivity contribution in [3.05, 3.63) is 34.4 Å². The van der Waals surface area contributed by atoms with Crippen molar-refractivity contribution in [3.8, 4) is 0 Å². The molecule has 1 aromatic heterocycles. The normalized spacial score (nSPS) is 11.6. The van der Waals surface area contributed by atoms with E-state index in [2.05, 4.69) is 15.9 Å². The molecule has 20 heavy (non-hydrogen) atoms. The first-order valence-corrected chi connectivity index (χ1v) is 6.73. The van der Waals surface area contributed by atoms with Gasteiger partial charge in [-0.1, -0.05) is 15.9 Å². The van der Waals surface area contributed by atoms with Crippen molar-refractivity contribution >= 4 is 38.9 Å². The van der Waals surface area contributed by atoms with E-state index in [4.69, 9.17) is 4.74 Å². The van der Waals surface area contributed by atoms with Crippen LogP contribution in [-0.2, 0) is 4.74 Å². The van der Waals surface area contributed by atoms with Gasteiger partial charge in [0, 0.05) is 21.6 Å². The number of hydrogen-bond acceptors (Lipinski definition) is 4. The van der Waals surface area contributed by atoms with Crippen LogP contribution in [0, 0.1) is 0 Å². The van der Waals surface area contributed by atoms with Crippen LogP contribution in [-0.4, -0.2) is 22.2 Å². The molecule has 0 amide bonds. The minimum atomic E-state index is -1.34. The molecule has 1 heterocycles. The van der Waals surface area contributed by atoms with Crippen LogP contribution in [0.25, 0.3) is 10.9 Å². The molecular formula is C14H13BrNO4-. The van der Waals surface area contributed by atoms with Crippen molar-refractivity contribution < 1.29 is 19.4 Å². The van der Waals surface area contributed by atoms with Crippen molar-refractivity contribution in [2.45, 2.75) is 26.4 Å². The standard InChI is InChI=1S/C14H14BrNO4/c1-14(2,3)20-13(19)16-7-10(12(17)18)9-6-8(15)4-5-11(9)16/h4-7H,1-3H3,(H,17,18)/p-1. The molecule has 2 rings (SSSR count).